The number of hydrogen-bond acceptors (Lipinski definition) is 2. The Balaban J connectivity index is 3.24. The zero-order valence-corrected chi connectivity index (χ0v) is 11.9. The van der Waals surface area contributed by atoms with Gasteiger partial charge in [0.25, 0.3) is 0 Å². The lowest BCUT2D eigenvalue weighted by atomic mass is 10.0. The van der Waals surface area contributed by atoms with Gasteiger partial charge in [-0.05, 0) is 47.0 Å². The maximum Gasteiger partial charge on any atom is 0.250 e. The van der Waals surface area contributed by atoms with Crippen LogP contribution < -0.4 is 10.5 Å². The van der Waals surface area contributed by atoms with Gasteiger partial charge in [0.05, 0.1) is 5.56 Å². The third kappa shape index (κ3) is 3.47. The molecule has 18 heavy (non-hydrogen) atoms. The molecule has 0 aliphatic carbocycles. The summed E-state index contributed by atoms with van der Waals surface area (Å²) in [5.41, 5.74) is 7.48. The van der Waals surface area contributed by atoms with E-state index in [1.54, 1.807) is 18.2 Å². The molecular formula is C14H16BrNO2. The quantitative estimate of drug-likeness (QED) is 0.820. The highest BCUT2D eigenvalue weighted by molar-refractivity contribution is 9.10. The maximum absolute atomic E-state index is 11.5. The highest BCUT2D eigenvalue weighted by atomic mass is 79.9. The Morgan fingerprint density at radius 3 is 2.72 bits per heavy atom. The Bertz CT molecular complexity index is 495. The molecule has 0 bridgehead atoms. The van der Waals surface area contributed by atoms with Crippen LogP contribution in [0.1, 0.15) is 22.8 Å². The van der Waals surface area contributed by atoms with Gasteiger partial charge in [0.15, 0.2) is 0 Å². The van der Waals surface area contributed by atoms with Gasteiger partial charge in [-0.3, -0.25) is 4.79 Å². The predicted molar refractivity (Wildman–Crippen MR) is 76.9 cm³/mol. The Morgan fingerprint density at radius 2 is 2.22 bits per heavy atom. The summed E-state index contributed by atoms with van der Waals surface area (Å²) in [4.78, 5) is 11.5. The summed E-state index contributed by atoms with van der Waals surface area (Å²) in [5, 5.41) is 0. The van der Waals surface area contributed by atoms with Gasteiger partial charge in [0.2, 0.25) is 5.91 Å². The third-order valence-corrected chi connectivity index (χ3v) is 2.95. The number of carbonyl (C=O) groups excluding carboxylic acids is 1. The van der Waals surface area contributed by atoms with E-state index in [1.165, 1.54) is 0 Å². The summed E-state index contributed by atoms with van der Waals surface area (Å²) in [5.74, 6) is 0.148. The van der Waals surface area contributed by atoms with Crippen molar-refractivity contribution in [2.45, 2.75) is 13.3 Å². The van der Waals surface area contributed by atoms with Gasteiger partial charge >= 0.3 is 0 Å². The van der Waals surface area contributed by atoms with E-state index >= 15 is 0 Å². The van der Waals surface area contributed by atoms with Gasteiger partial charge in [-0.25, -0.2) is 0 Å². The number of nitrogens with two attached hydrogens (primary N) is 1. The minimum Gasteiger partial charge on any atom is -0.489 e. The molecule has 0 heterocycles. The fraction of sp³-hybridized carbons (Fsp3) is 0.214. The van der Waals surface area contributed by atoms with Crippen LogP contribution in [0.3, 0.4) is 0 Å². The molecule has 3 nitrogen and oxygen atoms in total. The fourth-order valence-electron chi connectivity index (χ4n) is 1.55. The molecule has 0 saturated carbocycles. The first-order valence-electron chi connectivity index (χ1n) is 5.46. The largest absolute Gasteiger partial charge is 0.489 e. The van der Waals surface area contributed by atoms with Crippen LogP contribution in [0.25, 0.3) is 0 Å². The number of carbonyl (C=O) groups is 1. The molecule has 1 amide bonds. The second-order valence-electron chi connectivity index (χ2n) is 4.00. The van der Waals surface area contributed by atoms with Crippen LogP contribution in [0.5, 0.6) is 5.75 Å². The van der Waals surface area contributed by atoms with Crippen LogP contribution in [0.2, 0.25) is 0 Å². The summed E-state index contributed by atoms with van der Waals surface area (Å²) in [6.07, 6.45) is 2.23. The molecule has 96 valence electrons. The van der Waals surface area contributed by atoms with Gasteiger partial charge < -0.3 is 10.5 Å². The van der Waals surface area contributed by atoms with Gasteiger partial charge in [-0.2, -0.15) is 0 Å². The van der Waals surface area contributed by atoms with E-state index in [2.05, 4.69) is 29.1 Å². The van der Waals surface area contributed by atoms with Gasteiger partial charge in [-0.15, -0.1) is 6.58 Å². The molecule has 1 aromatic rings. The molecule has 0 aliphatic rings. The zero-order chi connectivity index (χ0) is 13.7. The first-order chi connectivity index (χ1) is 8.47. The van der Waals surface area contributed by atoms with Crippen LogP contribution in [0.15, 0.2) is 41.4 Å². The number of benzene rings is 1. The van der Waals surface area contributed by atoms with E-state index in [1.807, 2.05) is 6.92 Å². The van der Waals surface area contributed by atoms with Crippen LogP contribution in [0.4, 0.5) is 0 Å². The molecule has 0 aromatic heterocycles. The molecule has 0 spiro atoms. The Hall–Kier alpha value is -1.55. The van der Waals surface area contributed by atoms with Crippen molar-refractivity contribution in [3.05, 3.63) is 52.5 Å². The van der Waals surface area contributed by atoms with E-state index in [9.17, 15) is 4.79 Å². The summed E-state index contributed by atoms with van der Waals surface area (Å²) < 4.78 is 6.28. The SMILES string of the molecule is C=CCc1c(OCC(=C)C)ccc(Br)c1C(N)=O. The average Bonchev–Trinajstić information content (AvgIpc) is 2.27. The number of rotatable bonds is 6. The van der Waals surface area contributed by atoms with E-state index in [-0.39, 0.29) is 0 Å². The van der Waals surface area contributed by atoms with Crippen molar-refractivity contribution in [1.29, 1.82) is 0 Å². The van der Waals surface area contributed by atoms with Crippen LogP contribution >= 0.6 is 15.9 Å². The molecule has 0 saturated heterocycles. The Morgan fingerprint density at radius 1 is 1.56 bits per heavy atom. The monoisotopic (exact) mass is 309 g/mol. The molecule has 1 rings (SSSR count). The van der Waals surface area contributed by atoms with Crippen molar-refractivity contribution >= 4 is 21.8 Å². The summed E-state index contributed by atoms with van der Waals surface area (Å²) in [6.45, 7) is 9.74. The molecular weight excluding hydrogens is 294 g/mol. The highest BCUT2D eigenvalue weighted by Gasteiger charge is 2.16. The van der Waals surface area contributed by atoms with Crippen LogP contribution in [-0.2, 0) is 6.42 Å². The van der Waals surface area contributed by atoms with Crippen molar-refractivity contribution in [3.8, 4) is 5.75 Å². The molecule has 0 unspecified atom stereocenters. The molecule has 0 aliphatic heterocycles. The second-order valence-corrected chi connectivity index (χ2v) is 4.86. The Labute approximate surface area is 115 Å². The number of allylic oxidation sites excluding steroid dienone is 1. The van der Waals surface area contributed by atoms with Crippen LogP contribution in [0, 0.1) is 0 Å². The van der Waals surface area contributed by atoms with Gasteiger partial charge in [-0.1, -0.05) is 12.7 Å². The zero-order valence-electron chi connectivity index (χ0n) is 10.3. The van der Waals surface area contributed by atoms with Gasteiger partial charge in [0, 0.05) is 10.0 Å². The molecule has 0 radical (unpaired) electrons. The van der Waals surface area contributed by atoms with Crippen molar-refractivity contribution in [3.63, 3.8) is 0 Å². The molecule has 2 N–H and O–H groups in total. The first kappa shape index (κ1) is 14.5. The third-order valence-electron chi connectivity index (χ3n) is 2.29. The van der Waals surface area contributed by atoms with Crippen molar-refractivity contribution in [1.82, 2.24) is 0 Å². The molecule has 1 aromatic carbocycles. The van der Waals surface area contributed by atoms with E-state index in [0.717, 1.165) is 11.1 Å². The lowest BCUT2D eigenvalue weighted by molar-refractivity contribution is 0.0998. The second kappa shape index (κ2) is 6.40. The van der Waals surface area contributed by atoms with E-state index < -0.39 is 5.91 Å². The maximum atomic E-state index is 11.5. The van der Waals surface area contributed by atoms with Crippen molar-refractivity contribution in [2.24, 2.45) is 5.73 Å². The summed E-state index contributed by atoms with van der Waals surface area (Å²) >= 11 is 3.32. The van der Waals surface area contributed by atoms with Gasteiger partial charge in [0.1, 0.15) is 12.4 Å². The smallest absolute Gasteiger partial charge is 0.250 e. The number of halogens is 1. The predicted octanol–water partition coefficient (Wildman–Crippen LogP) is 3.23. The van der Waals surface area contributed by atoms with Crippen molar-refractivity contribution in [2.75, 3.05) is 6.61 Å². The average molecular weight is 310 g/mol. The number of hydrogen-bond donors (Lipinski definition) is 1. The minimum atomic E-state index is -0.487. The lowest BCUT2D eigenvalue weighted by Crippen LogP contribution is -2.15. The van der Waals surface area contributed by atoms with E-state index in [4.69, 9.17) is 10.5 Å². The standard InChI is InChI=1S/C14H16BrNO2/c1-4-5-10-12(18-8-9(2)3)7-6-11(15)13(10)14(16)17/h4,6-7H,1-2,5,8H2,3H3,(H2,16,17). The summed E-state index contributed by atoms with van der Waals surface area (Å²) in [6, 6.07) is 3.55. The van der Waals surface area contributed by atoms with Crippen molar-refractivity contribution < 1.29 is 9.53 Å². The lowest BCUT2D eigenvalue weighted by Gasteiger charge is -2.14. The number of ether oxygens (including phenoxy) is 1. The topological polar surface area (TPSA) is 52.3 Å². The summed E-state index contributed by atoms with van der Waals surface area (Å²) in [7, 11) is 0. The van der Waals surface area contributed by atoms with Crippen LogP contribution in [-0.4, -0.2) is 12.5 Å². The first-order valence-corrected chi connectivity index (χ1v) is 6.26. The minimum absolute atomic E-state index is 0.407. The number of amides is 1. The molecule has 0 atom stereocenters. The highest BCUT2D eigenvalue weighted by Crippen LogP contribution is 2.30. The fourth-order valence-corrected chi connectivity index (χ4v) is 2.12. The van der Waals surface area contributed by atoms with E-state index in [0.29, 0.717) is 28.8 Å². The molecule has 0 fully saturated rings. The molecule has 4 heteroatoms. The Kier molecular flexibility index (Phi) is 5.16. The number of primary amides is 1. The normalized spacial score (nSPS) is 9.89.